The Bertz CT molecular complexity index is 255. The van der Waals surface area contributed by atoms with E-state index in [0.29, 0.717) is 5.41 Å². The third kappa shape index (κ3) is 2.18. The van der Waals surface area contributed by atoms with Crippen molar-refractivity contribution in [3.8, 4) is 0 Å². The Labute approximate surface area is 86.2 Å². The van der Waals surface area contributed by atoms with Crippen molar-refractivity contribution < 1.29 is 0 Å². The van der Waals surface area contributed by atoms with Crippen LogP contribution in [0.2, 0.25) is 0 Å². The Morgan fingerprint density at radius 2 is 1.91 bits per heavy atom. The number of hydrogen-bond acceptors (Lipinski definition) is 1. The van der Waals surface area contributed by atoms with E-state index in [1.54, 1.807) is 0 Å². The van der Waals surface area contributed by atoms with Gasteiger partial charge < -0.3 is 0 Å². The van der Waals surface area contributed by atoms with Crippen LogP contribution in [-0.2, 0) is 5.41 Å². The Balaban J connectivity index is 3.13. The van der Waals surface area contributed by atoms with E-state index < -0.39 is 0 Å². The van der Waals surface area contributed by atoms with Crippen molar-refractivity contribution in [3.05, 3.63) is 19.4 Å². The predicted molar refractivity (Wildman–Crippen MR) is 60.5 cm³/mol. The van der Waals surface area contributed by atoms with Crippen molar-refractivity contribution >= 4 is 33.9 Å². The first-order valence-corrected chi connectivity index (χ1v) is 5.57. The molecule has 0 radical (unpaired) electrons. The Hall–Kier alpha value is 0.430. The molecule has 0 fully saturated rings. The van der Waals surface area contributed by atoms with Crippen LogP contribution < -0.4 is 0 Å². The zero-order chi connectivity index (χ0) is 8.65. The molecule has 0 saturated carbocycles. The summed E-state index contributed by atoms with van der Waals surface area (Å²) in [5.41, 5.74) is 1.75. The minimum atomic E-state index is 0.318. The molecule has 0 aliphatic rings. The summed E-state index contributed by atoms with van der Waals surface area (Å²) in [5, 5.41) is 0. The topological polar surface area (TPSA) is 0 Å². The lowest BCUT2D eigenvalue weighted by atomic mass is 9.92. The van der Waals surface area contributed by atoms with Gasteiger partial charge in [-0.1, -0.05) is 20.8 Å². The number of halogens is 1. The van der Waals surface area contributed by atoms with Gasteiger partial charge in [-0.25, -0.2) is 0 Å². The highest BCUT2D eigenvalue weighted by Crippen LogP contribution is 2.33. The van der Waals surface area contributed by atoms with E-state index >= 15 is 0 Å². The zero-order valence-electron chi connectivity index (χ0n) is 7.36. The van der Waals surface area contributed by atoms with Gasteiger partial charge in [-0.15, -0.1) is 11.3 Å². The Kier molecular flexibility index (Phi) is 2.64. The van der Waals surface area contributed by atoms with E-state index in [1.165, 1.54) is 13.3 Å². The molecule has 0 nitrogen and oxygen atoms in total. The molecule has 0 atom stereocenters. The quantitative estimate of drug-likeness (QED) is 0.631. The summed E-state index contributed by atoms with van der Waals surface area (Å²) in [5.74, 6) is 0. The Morgan fingerprint density at radius 1 is 1.36 bits per heavy atom. The zero-order valence-corrected chi connectivity index (χ0v) is 10.3. The van der Waals surface area contributed by atoms with Gasteiger partial charge >= 0.3 is 0 Å². The van der Waals surface area contributed by atoms with E-state index in [9.17, 15) is 0 Å². The van der Waals surface area contributed by atoms with Crippen molar-refractivity contribution in [2.75, 3.05) is 0 Å². The van der Waals surface area contributed by atoms with Crippen LogP contribution in [-0.4, -0.2) is 0 Å². The fraction of sp³-hybridized carbons (Fsp3) is 0.556. The average molecular weight is 280 g/mol. The normalized spacial score (nSPS) is 12.1. The summed E-state index contributed by atoms with van der Waals surface area (Å²) < 4.78 is 1.39. The van der Waals surface area contributed by atoms with Gasteiger partial charge in [0.2, 0.25) is 0 Å². The van der Waals surface area contributed by atoms with Crippen molar-refractivity contribution in [1.29, 1.82) is 0 Å². The highest BCUT2D eigenvalue weighted by atomic mass is 127. The van der Waals surface area contributed by atoms with Gasteiger partial charge in [0.15, 0.2) is 0 Å². The molecule has 1 heterocycles. The summed E-state index contributed by atoms with van der Waals surface area (Å²) in [6.45, 7) is 8.99. The molecule has 0 amide bonds. The van der Waals surface area contributed by atoms with Gasteiger partial charge in [0.25, 0.3) is 0 Å². The highest BCUT2D eigenvalue weighted by Gasteiger charge is 2.18. The maximum atomic E-state index is 2.38. The van der Waals surface area contributed by atoms with Crippen LogP contribution in [0.25, 0.3) is 0 Å². The molecule has 1 aromatic heterocycles. The maximum absolute atomic E-state index is 2.38. The minimum absolute atomic E-state index is 0.318. The molecule has 0 saturated heterocycles. The Morgan fingerprint density at radius 3 is 2.09 bits per heavy atom. The SMILES string of the molecule is Cc1cc(I)sc1C(C)(C)C. The second-order valence-corrected chi connectivity index (χ2v) is 6.76. The minimum Gasteiger partial charge on any atom is -0.133 e. The van der Waals surface area contributed by atoms with E-state index in [4.69, 9.17) is 0 Å². The lowest BCUT2D eigenvalue weighted by Crippen LogP contribution is -2.09. The first kappa shape index (κ1) is 9.52. The van der Waals surface area contributed by atoms with Crippen LogP contribution in [0.4, 0.5) is 0 Å². The van der Waals surface area contributed by atoms with Gasteiger partial charge in [0.1, 0.15) is 0 Å². The van der Waals surface area contributed by atoms with Gasteiger partial charge in [-0.2, -0.15) is 0 Å². The molecule has 0 aliphatic heterocycles. The van der Waals surface area contributed by atoms with Gasteiger partial charge in [0, 0.05) is 4.88 Å². The summed E-state index contributed by atoms with van der Waals surface area (Å²) in [6, 6.07) is 2.26. The molecular formula is C9H13IS. The third-order valence-electron chi connectivity index (χ3n) is 1.57. The molecule has 11 heavy (non-hydrogen) atoms. The van der Waals surface area contributed by atoms with Crippen molar-refractivity contribution in [3.63, 3.8) is 0 Å². The second kappa shape index (κ2) is 3.05. The van der Waals surface area contributed by atoms with Crippen LogP contribution in [0, 0.1) is 9.81 Å². The highest BCUT2D eigenvalue weighted by molar-refractivity contribution is 14.1. The molecule has 0 aromatic carbocycles. The molecule has 1 aromatic rings. The number of thiophene rings is 1. The van der Waals surface area contributed by atoms with Crippen molar-refractivity contribution in [2.24, 2.45) is 0 Å². The molecule has 0 aliphatic carbocycles. The number of hydrogen-bond donors (Lipinski definition) is 0. The molecule has 0 bridgehead atoms. The fourth-order valence-electron chi connectivity index (χ4n) is 1.19. The summed E-state index contributed by atoms with van der Waals surface area (Å²) in [6.07, 6.45) is 0. The smallest absolute Gasteiger partial charge is 0.0659 e. The van der Waals surface area contributed by atoms with Crippen LogP contribution in [0.5, 0.6) is 0 Å². The lowest BCUT2D eigenvalue weighted by Gasteiger charge is -2.17. The van der Waals surface area contributed by atoms with E-state index in [-0.39, 0.29) is 0 Å². The summed E-state index contributed by atoms with van der Waals surface area (Å²) >= 11 is 4.29. The molecule has 0 unspecified atom stereocenters. The molecule has 2 heteroatoms. The van der Waals surface area contributed by atoms with Gasteiger partial charge in [0.05, 0.1) is 2.88 Å². The maximum Gasteiger partial charge on any atom is 0.0659 e. The van der Waals surface area contributed by atoms with Crippen LogP contribution >= 0.6 is 33.9 Å². The third-order valence-corrected chi connectivity index (χ3v) is 3.99. The molecule has 62 valence electrons. The predicted octanol–water partition coefficient (Wildman–Crippen LogP) is 3.96. The summed E-state index contributed by atoms with van der Waals surface area (Å²) in [4.78, 5) is 1.52. The largest absolute Gasteiger partial charge is 0.133 e. The monoisotopic (exact) mass is 280 g/mol. The average Bonchev–Trinajstić information content (AvgIpc) is 2.08. The number of aryl methyl sites for hydroxylation is 1. The van der Waals surface area contributed by atoms with Crippen molar-refractivity contribution in [2.45, 2.75) is 33.1 Å². The number of rotatable bonds is 0. The van der Waals surface area contributed by atoms with E-state index in [0.717, 1.165) is 0 Å². The fourth-order valence-corrected chi connectivity index (χ4v) is 3.27. The molecule has 0 N–H and O–H groups in total. The van der Waals surface area contributed by atoms with Gasteiger partial charge in [-0.05, 0) is 46.6 Å². The first-order chi connectivity index (χ1) is 4.91. The van der Waals surface area contributed by atoms with Gasteiger partial charge in [-0.3, -0.25) is 0 Å². The van der Waals surface area contributed by atoms with Crippen molar-refractivity contribution in [1.82, 2.24) is 0 Å². The molecule has 0 spiro atoms. The van der Waals surface area contributed by atoms with Crippen LogP contribution in [0.1, 0.15) is 31.2 Å². The second-order valence-electron chi connectivity index (χ2n) is 3.81. The molecule has 1 rings (SSSR count). The van der Waals surface area contributed by atoms with E-state index in [1.807, 2.05) is 11.3 Å². The standard InChI is InChI=1S/C9H13IS/c1-6-5-7(10)11-8(6)9(2,3)4/h5H,1-4H3. The lowest BCUT2D eigenvalue weighted by molar-refractivity contribution is 0.600. The summed E-state index contributed by atoms with van der Waals surface area (Å²) in [7, 11) is 0. The van der Waals surface area contributed by atoms with Crippen LogP contribution in [0.15, 0.2) is 6.07 Å². The van der Waals surface area contributed by atoms with Crippen LogP contribution in [0.3, 0.4) is 0 Å². The van der Waals surface area contributed by atoms with E-state index in [2.05, 4.69) is 56.4 Å². The first-order valence-electron chi connectivity index (χ1n) is 3.67. The molecular weight excluding hydrogens is 267 g/mol.